The van der Waals surface area contributed by atoms with Crippen molar-refractivity contribution in [2.45, 2.75) is 25.6 Å². The molecule has 104 valence electrons. The van der Waals surface area contributed by atoms with Crippen molar-refractivity contribution < 1.29 is 22.8 Å². The topological polar surface area (TPSA) is 72.2 Å². The summed E-state index contributed by atoms with van der Waals surface area (Å²) in [6.45, 7) is 1.66. The smallest absolute Gasteiger partial charge is 0.368 e. The third-order valence-corrected chi connectivity index (χ3v) is 2.53. The van der Waals surface area contributed by atoms with Gasteiger partial charge in [0.2, 0.25) is 5.91 Å². The molecule has 1 aromatic rings. The van der Waals surface area contributed by atoms with Crippen molar-refractivity contribution in [3.05, 3.63) is 35.4 Å². The van der Waals surface area contributed by atoms with Gasteiger partial charge in [0.1, 0.15) is 6.04 Å². The number of primary amides is 1. The Morgan fingerprint density at radius 2 is 1.79 bits per heavy atom. The Bertz CT molecular complexity index is 469. The molecule has 1 atom stereocenters. The normalized spacial score (nSPS) is 12.8. The minimum Gasteiger partial charge on any atom is -0.368 e. The molecule has 0 aliphatic heterocycles. The molecule has 0 aromatic heterocycles. The van der Waals surface area contributed by atoms with Gasteiger partial charge in [-0.05, 0) is 30.7 Å². The van der Waals surface area contributed by atoms with Crippen molar-refractivity contribution in [3.8, 4) is 0 Å². The molecule has 1 aromatic carbocycles. The first-order chi connectivity index (χ1) is 8.75. The van der Waals surface area contributed by atoms with Gasteiger partial charge in [-0.25, -0.2) is 0 Å². The molecule has 0 radical (unpaired) electrons. The highest BCUT2D eigenvalue weighted by molar-refractivity contribution is 5.97. The van der Waals surface area contributed by atoms with Gasteiger partial charge in [-0.2, -0.15) is 13.2 Å². The lowest BCUT2D eigenvalue weighted by atomic mass is 10.1. The molecule has 19 heavy (non-hydrogen) atoms. The van der Waals surface area contributed by atoms with Crippen LogP contribution in [0.25, 0.3) is 0 Å². The van der Waals surface area contributed by atoms with Crippen molar-refractivity contribution in [2.24, 2.45) is 5.73 Å². The molecule has 0 saturated heterocycles. The largest absolute Gasteiger partial charge is 0.416 e. The minimum absolute atomic E-state index is 0.0349. The highest BCUT2D eigenvalue weighted by atomic mass is 19.4. The Labute approximate surface area is 107 Å². The zero-order chi connectivity index (χ0) is 14.6. The van der Waals surface area contributed by atoms with E-state index >= 15 is 0 Å². The fraction of sp³-hybridized carbons (Fsp3) is 0.333. The summed E-state index contributed by atoms with van der Waals surface area (Å²) in [5.74, 6) is -1.33. The van der Waals surface area contributed by atoms with Crippen LogP contribution in [0.5, 0.6) is 0 Å². The molecular formula is C12H13F3N2O2. The van der Waals surface area contributed by atoms with Crippen LogP contribution in [0.3, 0.4) is 0 Å². The number of hydrogen-bond acceptors (Lipinski definition) is 2. The number of carbonyl (C=O) groups excluding carboxylic acids is 2. The van der Waals surface area contributed by atoms with E-state index in [1.807, 2.05) is 0 Å². The predicted molar refractivity (Wildman–Crippen MR) is 62.2 cm³/mol. The molecule has 0 unspecified atom stereocenters. The van der Waals surface area contributed by atoms with E-state index in [2.05, 4.69) is 5.32 Å². The molecule has 7 heteroatoms. The average Bonchev–Trinajstić information content (AvgIpc) is 2.34. The van der Waals surface area contributed by atoms with Gasteiger partial charge in [-0.15, -0.1) is 0 Å². The first kappa shape index (κ1) is 15.0. The van der Waals surface area contributed by atoms with E-state index in [-0.39, 0.29) is 5.56 Å². The van der Waals surface area contributed by atoms with Crippen LogP contribution in [-0.4, -0.2) is 17.9 Å². The fourth-order valence-electron chi connectivity index (χ4n) is 1.43. The average molecular weight is 274 g/mol. The molecule has 0 fully saturated rings. The maximum Gasteiger partial charge on any atom is 0.416 e. The third-order valence-electron chi connectivity index (χ3n) is 2.53. The second-order valence-electron chi connectivity index (χ2n) is 3.91. The van der Waals surface area contributed by atoms with E-state index in [4.69, 9.17) is 5.73 Å². The Balaban J connectivity index is 2.81. The minimum atomic E-state index is -4.45. The van der Waals surface area contributed by atoms with Crippen LogP contribution < -0.4 is 11.1 Å². The summed E-state index contributed by atoms with van der Waals surface area (Å²) in [4.78, 5) is 22.6. The van der Waals surface area contributed by atoms with E-state index < -0.39 is 29.6 Å². The summed E-state index contributed by atoms with van der Waals surface area (Å²) in [6, 6.07) is 2.87. The van der Waals surface area contributed by atoms with Gasteiger partial charge < -0.3 is 11.1 Å². The lowest BCUT2D eigenvalue weighted by molar-refractivity contribution is -0.137. The summed E-state index contributed by atoms with van der Waals surface area (Å²) < 4.78 is 37.0. The van der Waals surface area contributed by atoms with Gasteiger partial charge >= 0.3 is 6.18 Å². The van der Waals surface area contributed by atoms with Gasteiger partial charge in [-0.3, -0.25) is 9.59 Å². The van der Waals surface area contributed by atoms with Crippen LogP contribution in [0, 0.1) is 0 Å². The van der Waals surface area contributed by atoms with Crippen LogP contribution in [-0.2, 0) is 11.0 Å². The summed E-state index contributed by atoms with van der Waals surface area (Å²) in [5.41, 5.74) is 4.25. The second kappa shape index (κ2) is 5.73. The Morgan fingerprint density at radius 1 is 1.26 bits per heavy atom. The maximum absolute atomic E-state index is 12.3. The second-order valence-corrected chi connectivity index (χ2v) is 3.91. The maximum atomic E-state index is 12.3. The van der Waals surface area contributed by atoms with Crippen molar-refractivity contribution in [1.82, 2.24) is 5.32 Å². The van der Waals surface area contributed by atoms with Crippen molar-refractivity contribution in [3.63, 3.8) is 0 Å². The molecule has 3 N–H and O–H groups in total. The van der Waals surface area contributed by atoms with Crippen LogP contribution in [0.1, 0.15) is 29.3 Å². The molecule has 1 rings (SSSR count). The number of benzene rings is 1. The monoisotopic (exact) mass is 274 g/mol. The lowest BCUT2D eigenvalue weighted by Gasteiger charge is -2.13. The number of nitrogens with two attached hydrogens (primary N) is 1. The Kier molecular flexibility index (Phi) is 4.52. The summed E-state index contributed by atoms with van der Waals surface area (Å²) >= 11 is 0. The predicted octanol–water partition coefficient (Wildman–Crippen LogP) is 1.70. The van der Waals surface area contributed by atoms with Crippen molar-refractivity contribution >= 4 is 11.8 Å². The number of alkyl halides is 3. The standard InChI is InChI=1S/C12H13F3N2O2/c1-2-9(10(16)18)17-11(19)7-3-5-8(6-4-7)12(13,14)15/h3-6,9H,2H2,1H3,(H2,16,18)(H,17,19)/t9-/m0/s1. The molecule has 0 aliphatic rings. The van der Waals surface area contributed by atoms with Crippen molar-refractivity contribution in [2.75, 3.05) is 0 Å². The number of nitrogens with one attached hydrogen (secondary N) is 1. The van der Waals surface area contributed by atoms with E-state index in [0.29, 0.717) is 6.42 Å². The van der Waals surface area contributed by atoms with Gasteiger partial charge in [0.25, 0.3) is 5.91 Å². The quantitative estimate of drug-likeness (QED) is 0.877. The first-order valence-electron chi connectivity index (χ1n) is 5.53. The Hall–Kier alpha value is -2.05. The van der Waals surface area contributed by atoms with Gasteiger partial charge in [0, 0.05) is 5.56 Å². The molecule has 2 amide bonds. The first-order valence-corrected chi connectivity index (χ1v) is 5.53. The zero-order valence-electron chi connectivity index (χ0n) is 10.1. The Morgan fingerprint density at radius 3 is 2.16 bits per heavy atom. The highest BCUT2D eigenvalue weighted by Gasteiger charge is 2.30. The molecule has 0 heterocycles. The van der Waals surface area contributed by atoms with E-state index in [0.717, 1.165) is 24.3 Å². The third kappa shape index (κ3) is 3.97. The number of rotatable bonds is 4. The van der Waals surface area contributed by atoms with Crippen molar-refractivity contribution in [1.29, 1.82) is 0 Å². The molecular weight excluding hydrogens is 261 g/mol. The molecule has 0 bridgehead atoms. The summed E-state index contributed by atoms with van der Waals surface area (Å²) in [5, 5.41) is 2.35. The van der Waals surface area contributed by atoms with E-state index in [1.165, 1.54) is 0 Å². The number of carbonyl (C=O) groups is 2. The molecule has 0 saturated carbocycles. The number of amides is 2. The number of halogens is 3. The lowest BCUT2D eigenvalue weighted by Crippen LogP contribution is -2.43. The summed E-state index contributed by atoms with van der Waals surface area (Å²) in [7, 11) is 0. The SMILES string of the molecule is CC[C@H](NC(=O)c1ccc(C(F)(F)F)cc1)C(N)=O. The van der Waals surface area contributed by atoms with Crippen LogP contribution in [0.4, 0.5) is 13.2 Å². The molecule has 4 nitrogen and oxygen atoms in total. The van der Waals surface area contributed by atoms with E-state index in [1.54, 1.807) is 6.92 Å². The van der Waals surface area contributed by atoms with Crippen LogP contribution >= 0.6 is 0 Å². The van der Waals surface area contributed by atoms with Crippen LogP contribution in [0.15, 0.2) is 24.3 Å². The highest BCUT2D eigenvalue weighted by Crippen LogP contribution is 2.29. The summed E-state index contributed by atoms with van der Waals surface area (Å²) in [6.07, 6.45) is -4.14. The van der Waals surface area contributed by atoms with Gasteiger partial charge in [-0.1, -0.05) is 6.92 Å². The van der Waals surface area contributed by atoms with Crippen LogP contribution in [0.2, 0.25) is 0 Å². The van der Waals surface area contributed by atoms with Gasteiger partial charge in [0.15, 0.2) is 0 Å². The van der Waals surface area contributed by atoms with Gasteiger partial charge in [0.05, 0.1) is 5.56 Å². The van der Waals surface area contributed by atoms with E-state index in [9.17, 15) is 22.8 Å². The zero-order valence-corrected chi connectivity index (χ0v) is 10.1. The fourth-order valence-corrected chi connectivity index (χ4v) is 1.43. The molecule has 0 spiro atoms. The number of hydrogen-bond donors (Lipinski definition) is 2. The molecule has 0 aliphatic carbocycles.